The van der Waals surface area contributed by atoms with E-state index in [0.717, 1.165) is 0 Å². The van der Waals surface area contributed by atoms with Crippen molar-refractivity contribution in [2.24, 2.45) is 5.92 Å². The standard InChI is InChI=1S/C19H41N3O8S2Si/c1-7-28-33(29-8-2,30-9-3)14-10-11-21-18(24)22-19(5,6)31-15-16(4)17(23)20-12-13-32(25,26)27/h16H,7-15H2,1-6H3,(H,20,23)(H2,21,22,24)(H,25,26,27). The normalized spacial score (nSPS) is 13.4. The molecule has 11 nitrogen and oxygen atoms in total. The molecule has 0 bridgehead atoms. The van der Waals surface area contributed by atoms with Crippen molar-refractivity contribution in [1.82, 2.24) is 16.0 Å². The molecular weight excluding hydrogens is 490 g/mol. The lowest BCUT2D eigenvalue weighted by Gasteiger charge is -2.29. The van der Waals surface area contributed by atoms with Crippen LogP contribution in [0, 0.1) is 5.92 Å². The van der Waals surface area contributed by atoms with Crippen LogP contribution in [0.2, 0.25) is 6.04 Å². The fraction of sp³-hybridized carbons (Fsp3) is 0.895. The second kappa shape index (κ2) is 15.9. The maximum absolute atomic E-state index is 12.3. The fourth-order valence-electron chi connectivity index (χ4n) is 2.75. The highest BCUT2D eigenvalue weighted by atomic mass is 32.2. The first kappa shape index (κ1) is 32.1. The van der Waals surface area contributed by atoms with E-state index in [-0.39, 0.29) is 18.5 Å². The molecule has 0 spiro atoms. The maximum atomic E-state index is 12.3. The highest BCUT2D eigenvalue weighted by molar-refractivity contribution is 8.00. The molecule has 0 saturated carbocycles. The van der Waals surface area contributed by atoms with Gasteiger partial charge in [-0.1, -0.05) is 6.92 Å². The van der Waals surface area contributed by atoms with Gasteiger partial charge in [0.15, 0.2) is 0 Å². The van der Waals surface area contributed by atoms with Crippen molar-refractivity contribution in [1.29, 1.82) is 0 Å². The maximum Gasteiger partial charge on any atom is 0.500 e. The van der Waals surface area contributed by atoms with Crippen LogP contribution >= 0.6 is 11.8 Å². The Morgan fingerprint density at radius 1 is 1.03 bits per heavy atom. The predicted molar refractivity (Wildman–Crippen MR) is 132 cm³/mol. The Bertz CT molecular complexity index is 678. The van der Waals surface area contributed by atoms with Gasteiger partial charge < -0.3 is 29.2 Å². The molecule has 14 heteroatoms. The minimum atomic E-state index is -4.11. The third kappa shape index (κ3) is 15.6. The number of hydrogen-bond acceptors (Lipinski definition) is 8. The number of thioether (sulfide) groups is 1. The summed E-state index contributed by atoms with van der Waals surface area (Å²) in [6.07, 6.45) is 0.647. The van der Waals surface area contributed by atoms with Gasteiger partial charge in [-0.15, -0.1) is 11.8 Å². The molecule has 0 saturated heterocycles. The quantitative estimate of drug-likeness (QED) is 0.0898. The average Bonchev–Trinajstić information content (AvgIpc) is 2.68. The van der Waals surface area contributed by atoms with Gasteiger partial charge in [-0.3, -0.25) is 9.35 Å². The molecule has 0 heterocycles. The highest BCUT2D eigenvalue weighted by Crippen LogP contribution is 2.24. The lowest BCUT2D eigenvalue weighted by atomic mass is 10.2. The smallest absolute Gasteiger partial charge is 0.374 e. The van der Waals surface area contributed by atoms with Gasteiger partial charge in [0.2, 0.25) is 5.91 Å². The van der Waals surface area contributed by atoms with Gasteiger partial charge in [-0.25, -0.2) is 4.79 Å². The minimum Gasteiger partial charge on any atom is -0.374 e. The summed E-state index contributed by atoms with van der Waals surface area (Å²) in [5, 5.41) is 8.17. The van der Waals surface area contributed by atoms with Crippen LogP contribution in [0.4, 0.5) is 4.79 Å². The lowest BCUT2D eigenvalue weighted by Crippen LogP contribution is -2.48. The largest absolute Gasteiger partial charge is 0.500 e. The highest BCUT2D eigenvalue weighted by Gasteiger charge is 2.39. The molecule has 0 radical (unpaired) electrons. The van der Waals surface area contributed by atoms with E-state index < -0.39 is 35.5 Å². The number of carbonyl (C=O) groups excluding carboxylic acids is 2. The Balaban J connectivity index is 4.40. The van der Waals surface area contributed by atoms with Crippen LogP contribution in [0.15, 0.2) is 0 Å². The summed E-state index contributed by atoms with van der Waals surface area (Å²) in [5.41, 5.74) is 0. The molecule has 0 fully saturated rings. The van der Waals surface area contributed by atoms with Gasteiger partial charge >= 0.3 is 14.8 Å². The second-order valence-corrected chi connectivity index (χ2v) is 13.7. The monoisotopic (exact) mass is 531 g/mol. The third-order valence-corrected chi connectivity index (χ3v) is 9.62. The summed E-state index contributed by atoms with van der Waals surface area (Å²) in [4.78, 5) is 23.7. The number of amides is 3. The van der Waals surface area contributed by atoms with Crippen LogP contribution in [-0.4, -0.2) is 83.0 Å². The van der Waals surface area contributed by atoms with Crippen molar-refractivity contribution in [3.05, 3.63) is 0 Å². The average molecular weight is 532 g/mol. The topological polar surface area (TPSA) is 152 Å². The van der Waals surface area contributed by atoms with E-state index in [9.17, 15) is 18.0 Å². The summed E-state index contributed by atoms with van der Waals surface area (Å²) in [7, 11) is -6.85. The van der Waals surface area contributed by atoms with Gasteiger partial charge in [-0.05, 0) is 41.0 Å². The first-order chi connectivity index (χ1) is 15.3. The lowest BCUT2D eigenvalue weighted by molar-refractivity contribution is -0.123. The number of urea groups is 1. The molecule has 1 unspecified atom stereocenters. The van der Waals surface area contributed by atoms with Gasteiger partial charge in [0.05, 0.1) is 10.6 Å². The van der Waals surface area contributed by atoms with E-state index in [1.54, 1.807) is 6.92 Å². The zero-order chi connectivity index (χ0) is 25.5. The summed E-state index contributed by atoms with van der Waals surface area (Å²) < 4.78 is 47.5. The van der Waals surface area contributed by atoms with Gasteiger partial charge in [-0.2, -0.15) is 8.42 Å². The Hall–Kier alpha value is -0.903. The number of hydrogen-bond donors (Lipinski definition) is 4. The molecule has 0 aromatic rings. The van der Waals surface area contributed by atoms with E-state index in [0.29, 0.717) is 44.6 Å². The molecule has 0 aliphatic heterocycles. The molecular formula is C19H41N3O8S2Si. The summed E-state index contributed by atoms with van der Waals surface area (Å²) >= 11 is 1.39. The van der Waals surface area contributed by atoms with Crippen LogP contribution in [-0.2, 0) is 28.2 Å². The Morgan fingerprint density at radius 3 is 2.06 bits per heavy atom. The van der Waals surface area contributed by atoms with E-state index in [4.69, 9.17) is 17.8 Å². The zero-order valence-electron chi connectivity index (χ0n) is 20.6. The Morgan fingerprint density at radius 2 is 1.58 bits per heavy atom. The van der Waals surface area contributed by atoms with Gasteiger partial charge in [0.25, 0.3) is 10.1 Å². The van der Waals surface area contributed by atoms with Crippen LogP contribution in [0.3, 0.4) is 0 Å². The summed E-state index contributed by atoms with van der Waals surface area (Å²) in [6.45, 7) is 12.8. The molecule has 0 aliphatic rings. The Kier molecular flexibility index (Phi) is 15.5. The van der Waals surface area contributed by atoms with Crippen molar-refractivity contribution in [2.45, 2.75) is 58.9 Å². The first-order valence-corrected chi connectivity index (χ1v) is 15.7. The van der Waals surface area contributed by atoms with Crippen molar-refractivity contribution >= 4 is 42.6 Å². The van der Waals surface area contributed by atoms with Gasteiger partial charge in [0.1, 0.15) is 0 Å². The first-order valence-electron chi connectivity index (χ1n) is 11.1. The number of carbonyl (C=O) groups is 2. The summed E-state index contributed by atoms with van der Waals surface area (Å²) in [6, 6.07) is 0.278. The molecule has 33 heavy (non-hydrogen) atoms. The molecule has 0 aromatic carbocycles. The summed E-state index contributed by atoms with van der Waals surface area (Å²) in [5.74, 6) is -0.850. The van der Waals surface area contributed by atoms with Crippen LogP contribution < -0.4 is 16.0 Å². The molecule has 0 aliphatic carbocycles. The van der Waals surface area contributed by atoms with Gasteiger partial charge in [0, 0.05) is 50.6 Å². The Labute approximate surface area is 203 Å². The zero-order valence-corrected chi connectivity index (χ0v) is 23.2. The van der Waals surface area contributed by atoms with E-state index in [1.807, 2.05) is 34.6 Å². The molecule has 1 atom stereocenters. The van der Waals surface area contributed by atoms with Crippen LogP contribution in [0.5, 0.6) is 0 Å². The van der Waals surface area contributed by atoms with Crippen molar-refractivity contribution in [3.8, 4) is 0 Å². The van der Waals surface area contributed by atoms with Crippen molar-refractivity contribution in [2.75, 3.05) is 44.4 Å². The van der Waals surface area contributed by atoms with E-state index >= 15 is 0 Å². The third-order valence-electron chi connectivity index (χ3n) is 4.25. The van der Waals surface area contributed by atoms with Crippen molar-refractivity contribution < 1.29 is 35.8 Å². The molecule has 0 aromatic heterocycles. The molecule has 196 valence electrons. The molecule has 3 amide bonds. The van der Waals surface area contributed by atoms with Crippen LogP contribution in [0.25, 0.3) is 0 Å². The molecule has 0 rings (SSSR count). The predicted octanol–water partition coefficient (Wildman–Crippen LogP) is 1.83. The molecule has 4 N–H and O–H groups in total. The van der Waals surface area contributed by atoms with E-state index in [1.165, 1.54) is 11.8 Å². The van der Waals surface area contributed by atoms with E-state index in [2.05, 4.69) is 16.0 Å². The second-order valence-electron chi connectivity index (χ2n) is 7.77. The SMILES string of the molecule is CCO[Si](CCCNC(=O)NC(C)(C)SCC(C)C(=O)NCCS(=O)(=O)O)(OCC)OCC. The minimum absolute atomic E-state index is 0.156. The number of rotatable bonds is 18. The fourth-order valence-corrected chi connectivity index (χ4v) is 6.70. The van der Waals surface area contributed by atoms with Crippen molar-refractivity contribution in [3.63, 3.8) is 0 Å². The number of nitrogens with one attached hydrogen (secondary N) is 3. The van der Waals surface area contributed by atoms with Crippen LogP contribution in [0.1, 0.15) is 48.0 Å².